The molecule has 4 heteroatoms. The van der Waals surface area contributed by atoms with Crippen LogP contribution >= 0.6 is 0 Å². The van der Waals surface area contributed by atoms with Gasteiger partial charge in [0, 0.05) is 22.1 Å². The fourth-order valence-corrected chi connectivity index (χ4v) is 9.79. The maximum absolute atomic E-state index is 9.69. The molecular formula is C49H42N4. The van der Waals surface area contributed by atoms with Crippen molar-refractivity contribution in [1.82, 2.24) is 15.0 Å². The van der Waals surface area contributed by atoms with Gasteiger partial charge >= 0.3 is 0 Å². The first kappa shape index (κ1) is 33.0. The van der Waals surface area contributed by atoms with Crippen LogP contribution in [0.3, 0.4) is 0 Å². The third-order valence-electron chi connectivity index (χ3n) is 11.8. The van der Waals surface area contributed by atoms with Gasteiger partial charge in [-0.2, -0.15) is 5.26 Å². The van der Waals surface area contributed by atoms with Crippen LogP contribution in [0.25, 0.3) is 67.2 Å². The zero-order valence-electron chi connectivity index (χ0n) is 30.3. The Morgan fingerprint density at radius 3 is 1.72 bits per heavy atom. The molecule has 6 aromatic carbocycles. The van der Waals surface area contributed by atoms with Crippen LogP contribution in [0, 0.1) is 29.1 Å². The molecule has 9 rings (SSSR count). The van der Waals surface area contributed by atoms with Crippen LogP contribution in [0.1, 0.15) is 57.1 Å². The molecule has 53 heavy (non-hydrogen) atoms. The average molecular weight is 687 g/mol. The number of aromatic nitrogens is 3. The topological polar surface area (TPSA) is 62.5 Å². The molecule has 0 amide bonds. The van der Waals surface area contributed by atoms with E-state index in [1.54, 1.807) is 0 Å². The first-order chi connectivity index (χ1) is 26.0. The van der Waals surface area contributed by atoms with Crippen molar-refractivity contribution < 1.29 is 0 Å². The molecule has 2 aliphatic carbocycles. The van der Waals surface area contributed by atoms with Gasteiger partial charge < -0.3 is 0 Å². The van der Waals surface area contributed by atoms with Crippen molar-refractivity contribution in [3.05, 3.63) is 151 Å². The van der Waals surface area contributed by atoms with Crippen molar-refractivity contribution >= 4 is 10.8 Å². The summed E-state index contributed by atoms with van der Waals surface area (Å²) in [6.07, 6.45) is 6.69. The molecule has 4 atom stereocenters. The average Bonchev–Trinajstić information content (AvgIpc) is 3.20. The van der Waals surface area contributed by atoms with Crippen molar-refractivity contribution in [2.75, 3.05) is 0 Å². The fraction of sp³-hybridized carbons (Fsp3) is 0.224. The van der Waals surface area contributed by atoms with Gasteiger partial charge in [0.2, 0.25) is 0 Å². The highest BCUT2D eigenvalue weighted by atomic mass is 15.0. The minimum atomic E-state index is 0.300. The molecule has 0 spiro atoms. The fourth-order valence-electron chi connectivity index (χ4n) is 9.79. The van der Waals surface area contributed by atoms with Gasteiger partial charge in [0.15, 0.2) is 17.5 Å². The summed E-state index contributed by atoms with van der Waals surface area (Å²) in [4.78, 5) is 15.3. The summed E-state index contributed by atoms with van der Waals surface area (Å²) in [6, 6.07) is 50.9. The summed E-state index contributed by atoms with van der Waals surface area (Å²) in [5, 5.41) is 11.7. The third-order valence-corrected chi connectivity index (χ3v) is 11.8. The summed E-state index contributed by atoms with van der Waals surface area (Å²) in [6.45, 7) is 4.92. The van der Waals surface area contributed by atoms with Crippen LogP contribution < -0.4 is 0 Å². The van der Waals surface area contributed by atoms with E-state index in [-0.39, 0.29) is 0 Å². The molecule has 2 saturated carbocycles. The predicted molar refractivity (Wildman–Crippen MR) is 216 cm³/mol. The summed E-state index contributed by atoms with van der Waals surface area (Å²) < 4.78 is 0. The molecule has 1 heterocycles. The van der Waals surface area contributed by atoms with Crippen LogP contribution in [-0.2, 0) is 5.41 Å². The Bertz CT molecular complexity index is 2460. The van der Waals surface area contributed by atoms with E-state index < -0.39 is 0 Å². The van der Waals surface area contributed by atoms with E-state index in [0.717, 1.165) is 61.9 Å². The minimum absolute atomic E-state index is 0.300. The second-order valence-electron chi connectivity index (χ2n) is 15.6. The molecule has 0 N–H and O–H groups in total. The van der Waals surface area contributed by atoms with Crippen LogP contribution in [0.4, 0.5) is 0 Å². The van der Waals surface area contributed by atoms with E-state index >= 15 is 0 Å². The lowest BCUT2D eigenvalue weighted by Crippen LogP contribution is -2.42. The van der Waals surface area contributed by atoms with Crippen molar-refractivity contribution in [1.29, 1.82) is 5.26 Å². The summed E-state index contributed by atoms with van der Waals surface area (Å²) in [7, 11) is 0. The Kier molecular flexibility index (Phi) is 8.43. The van der Waals surface area contributed by atoms with Gasteiger partial charge in [-0.05, 0) is 94.5 Å². The lowest BCUT2D eigenvalue weighted by Gasteiger charge is -2.50. The van der Waals surface area contributed by atoms with Gasteiger partial charge in [-0.3, -0.25) is 0 Å². The second-order valence-corrected chi connectivity index (χ2v) is 15.6. The van der Waals surface area contributed by atoms with Gasteiger partial charge in [0.05, 0.1) is 11.6 Å². The number of fused-ring (bicyclic) bond motifs is 3. The predicted octanol–water partition coefficient (Wildman–Crippen LogP) is 12.3. The number of hydrogen-bond donors (Lipinski definition) is 0. The number of benzene rings is 6. The van der Waals surface area contributed by atoms with E-state index in [9.17, 15) is 5.26 Å². The van der Waals surface area contributed by atoms with Crippen molar-refractivity contribution in [3.63, 3.8) is 0 Å². The number of nitriles is 1. The first-order valence-electron chi connectivity index (χ1n) is 19.0. The quantitative estimate of drug-likeness (QED) is 0.175. The van der Waals surface area contributed by atoms with Gasteiger partial charge in [-0.15, -0.1) is 0 Å². The smallest absolute Gasteiger partial charge is 0.164 e. The molecule has 2 aliphatic rings. The molecule has 0 saturated heterocycles. The van der Waals surface area contributed by atoms with Gasteiger partial charge in [0.25, 0.3) is 0 Å². The lowest BCUT2D eigenvalue weighted by molar-refractivity contribution is 0.0780. The Morgan fingerprint density at radius 2 is 1.02 bits per heavy atom. The Morgan fingerprint density at radius 1 is 0.491 bits per heavy atom. The molecule has 7 aromatic rings. The second kappa shape index (κ2) is 13.6. The van der Waals surface area contributed by atoms with Crippen LogP contribution in [0.5, 0.6) is 0 Å². The summed E-state index contributed by atoms with van der Waals surface area (Å²) in [5.74, 6) is 4.34. The van der Waals surface area contributed by atoms with Crippen LogP contribution in [0.15, 0.2) is 140 Å². The van der Waals surface area contributed by atoms with Crippen LogP contribution in [0.2, 0.25) is 0 Å². The van der Waals surface area contributed by atoms with E-state index in [1.807, 2.05) is 42.5 Å². The third kappa shape index (κ3) is 6.21. The van der Waals surface area contributed by atoms with E-state index in [1.165, 1.54) is 43.2 Å². The molecule has 258 valence electrons. The molecule has 2 fully saturated rings. The van der Waals surface area contributed by atoms with E-state index in [4.69, 9.17) is 15.0 Å². The first-order valence-corrected chi connectivity index (χ1v) is 19.0. The van der Waals surface area contributed by atoms with Crippen molar-refractivity contribution in [2.45, 2.75) is 51.4 Å². The van der Waals surface area contributed by atoms with Gasteiger partial charge in [-0.1, -0.05) is 147 Å². The molecule has 4 nitrogen and oxygen atoms in total. The zero-order chi connectivity index (χ0) is 35.9. The molecule has 2 unspecified atom stereocenters. The summed E-state index contributed by atoms with van der Waals surface area (Å²) in [5.41, 5.74) is 9.77. The standard InChI is InChI=1S/C49H42N4/c1-32-26-34-27-33(2)29-49(28-32,30-34)40-24-22-36(23-25-40)42-13-6-7-14-45(42)48-52-46(37-10-4-3-5-11-37)51-47(53-48)38-20-18-35(19-21-38)41-15-9-16-43-39(31-50)12-8-17-44(41)43/h3-25,32-34H,26-30H2,1-2H3/t32-,33+,34?,49?. The van der Waals surface area contributed by atoms with Crippen LogP contribution in [-0.4, -0.2) is 15.0 Å². The zero-order valence-corrected chi connectivity index (χ0v) is 30.3. The normalized spacial score (nSPS) is 20.9. The summed E-state index contributed by atoms with van der Waals surface area (Å²) >= 11 is 0. The maximum Gasteiger partial charge on any atom is 0.164 e. The molecular weight excluding hydrogens is 645 g/mol. The number of rotatable bonds is 6. The maximum atomic E-state index is 9.69. The largest absolute Gasteiger partial charge is 0.208 e. The van der Waals surface area contributed by atoms with Gasteiger partial charge in [0.1, 0.15) is 0 Å². The molecule has 0 aliphatic heterocycles. The molecule has 1 aromatic heterocycles. The monoisotopic (exact) mass is 686 g/mol. The Labute approximate surface area is 312 Å². The molecule has 0 radical (unpaired) electrons. The van der Waals surface area contributed by atoms with Crippen molar-refractivity contribution in [3.8, 4) is 62.5 Å². The van der Waals surface area contributed by atoms with E-state index in [2.05, 4.69) is 117 Å². The lowest BCUT2D eigenvalue weighted by atomic mass is 9.54. The Hall–Kier alpha value is -5.92. The number of hydrogen-bond acceptors (Lipinski definition) is 4. The minimum Gasteiger partial charge on any atom is -0.208 e. The van der Waals surface area contributed by atoms with E-state index in [0.29, 0.717) is 28.5 Å². The van der Waals surface area contributed by atoms with Gasteiger partial charge in [-0.25, -0.2) is 15.0 Å². The SMILES string of the molecule is C[C@@H]1CC2C[C@H](C)CC(c3ccc(-c4ccccc4-c4nc(-c5ccccc5)nc(-c5ccc(-c6cccc7c(C#N)cccc67)cc5)n4)cc3)(C2)C1. The number of nitrogens with zero attached hydrogens (tertiary/aromatic N) is 4. The van der Waals surface area contributed by atoms with Crippen molar-refractivity contribution in [2.24, 2.45) is 17.8 Å². The highest BCUT2D eigenvalue weighted by molar-refractivity contribution is 5.99. The highest BCUT2D eigenvalue weighted by Gasteiger charge is 2.45. The Balaban J connectivity index is 1.10. The highest BCUT2D eigenvalue weighted by Crippen LogP contribution is 2.54. The molecule has 2 bridgehead atoms.